The van der Waals surface area contributed by atoms with E-state index in [2.05, 4.69) is 25.8 Å². The third kappa shape index (κ3) is 7.51. The maximum absolute atomic E-state index is 14.9. The fraction of sp³-hybridized carbons (Fsp3) is 0.679. The summed E-state index contributed by atoms with van der Waals surface area (Å²) in [6.45, 7) is 7.23. The van der Waals surface area contributed by atoms with Crippen molar-refractivity contribution in [3.63, 3.8) is 0 Å². The summed E-state index contributed by atoms with van der Waals surface area (Å²) in [5, 5.41) is 0.511. The number of amides is 1. The number of alkyl halides is 4. The Morgan fingerprint density at radius 3 is 2.44 bits per heavy atom. The van der Waals surface area contributed by atoms with Crippen LogP contribution < -0.4 is 14.4 Å². The van der Waals surface area contributed by atoms with Gasteiger partial charge in [0, 0.05) is 60.1 Å². The highest BCUT2D eigenvalue weighted by Gasteiger charge is 2.48. The molecule has 3 saturated heterocycles. The second-order valence-electron chi connectivity index (χ2n) is 12.7. The SMILES string of the molecule is CN1CCC(Oc2nc(N3CCC4(CC3)CN(C(=O)OC(C)(C)C)C4)c3cc(I)c(Br)c(OCC(F)(F)F)c3n2)C(F)C1. The van der Waals surface area contributed by atoms with Crippen molar-refractivity contribution in [3.8, 4) is 11.8 Å². The quantitative estimate of drug-likeness (QED) is 0.262. The summed E-state index contributed by atoms with van der Waals surface area (Å²) in [5.74, 6) is 0.414. The van der Waals surface area contributed by atoms with Gasteiger partial charge in [-0.05, 0) is 85.2 Å². The minimum Gasteiger partial charge on any atom is -0.481 e. The lowest BCUT2D eigenvalue weighted by atomic mass is 9.72. The van der Waals surface area contributed by atoms with Gasteiger partial charge >= 0.3 is 18.3 Å². The van der Waals surface area contributed by atoms with Gasteiger partial charge < -0.3 is 28.9 Å². The summed E-state index contributed by atoms with van der Waals surface area (Å²) in [6, 6.07) is 1.69. The molecule has 9 nitrogen and oxygen atoms in total. The highest BCUT2D eigenvalue weighted by Crippen LogP contribution is 2.45. The van der Waals surface area contributed by atoms with Gasteiger partial charge in [-0.1, -0.05) is 0 Å². The van der Waals surface area contributed by atoms with E-state index in [1.165, 1.54) is 0 Å². The lowest BCUT2D eigenvalue weighted by Gasteiger charge is -2.53. The molecule has 1 aromatic carbocycles. The number of fused-ring (bicyclic) bond motifs is 1. The number of piperidine rings is 2. The fourth-order valence-corrected chi connectivity index (χ4v) is 6.73. The van der Waals surface area contributed by atoms with Crippen LogP contribution in [0.25, 0.3) is 10.9 Å². The number of anilines is 1. The van der Waals surface area contributed by atoms with Gasteiger partial charge in [-0.25, -0.2) is 9.18 Å². The van der Waals surface area contributed by atoms with Crippen molar-refractivity contribution in [2.45, 2.75) is 64.1 Å². The van der Waals surface area contributed by atoms with Crippen molar-refractivity contribution in [1.29, 1.82) is 0 Å². The minimum absolute atomic E-state index is 0.0381. The van der Waals surface area contributed by atoms with Gasteiger partial charge in [0.15, 0.2) is 12.4 Å². The van der Waals surface area contributed by atoms with E-state index in [9.17, 15) is 22.4 Å². The summed E-state index contributed by atoms with van der Waals surface area (Å²) in [5.41, 5.74) is -0.453. The Kier molecular flexibility index (Phi) is 9.18. The van der Waals surface area contributed by atoms with Crippen molar-refractivity contribution < 1.29 is 36.6 Å². The first-order valence-electron chi connectivity index (χ1n) is 14.1. The number of halogens is 6. The molecule has 238 valence electrons. The molecule has 15 heteroatoms. The lowest BCUT2D eigenvalue weighted by molar-refractivity contribution is -0.153. The molecule has 0 aliphatic carbocycles. The molecule has 0 bridgehead atoms. The van der Waals surface area contributed by atoms with Crippen molar-refractivity contribution in [1.82, 2.24) is 19.8 Å². The van der Waals surface area contributed by atoms with Gasteiger partial charge in [-0.15, -0.1) is 0 Å². The smallest absolute Gasteiger partial charge is 0.422 e. The minimum atomic E-state index is -4.56. The number of aromatic nitrogens is 2. The Labute approximate surface area is 269 Å². The summed E-state index contributed by atoms with van der Waals surface area (Å²) in [4.78, 5) is 27.3. The Morgan fingerprint density at radius 1 is 1.16 bits per heavy atom. The predicted molar refractivity (Wildman–Crippen MR) is 165 cm³/mol. The Hall–Kier alpha value is -1.88. The average Bonchev–Trinajstić information content (AvgIpc) is 2.87. The number of hydrogen-bond acceptors (Lipinski definition) is 8. The van der Waals surface area contributed by atoms with Crippen LogP contribution in [0.3, 0.4) is 0 Å². The van der Waals surface area contributed by atoms with Crippen LogP contribution in [0.2, 0.25) is 0 Å². The van der Waals surface area contributed by atoms with Crippen molar-refractivity contribution in [2.75, 3.05) is 57.8 Å². The number of carbonyl (C=O) groups excluding carboxylic acids is 1. The van der Waals surface area contributed by atoms with Crippen molar-refractivity contribution in [3.05, 3.63) is 14.1 Å². The number of ether oxygens (including phenoxy) is 3. The van der Waals surface area contributed by atoms with E-state index in [0.29, 0.717) is 58.4 Å². The van der Waals surface area contributed by atoms with Gasteiger partial charge in [0.1, 0.15) is 29.2 Å². The molecule has 5 rings (SSSR count). The first-order chi connectivity index (χ1) is 20.0. The molecule has 1 spiro atoms. The zero-order valence-electron chi connectivity index (χ0n) is 24.4. The van der Waals surface area contributed by atoms with Gasteiger partial charge in [0.05, 0.1) is 4.47 Å². The number of carbonyl (C=O) groups is 1. The molecule has 2 unspecified atom stereocenters. The molecule has 3 aliphatic heterocycles. The highest BCUT2D eigenvalue weighted by atomic mass is 127. The van der Waals surface area contributed by atoms with Crippen LogP contribution in [0.1, 0.15) is 40.0 Å². The van der Waals surface area contributed by atoms with Crippen LogP contribution >= 0.6 is 38.5 Å². The van der Waals surface area contributed by atoms with Crippen LogP contribution in [-0.2, 0) is 4.74 Å². The predicted octanol–water partition coefficient (Wildman–Crippen LogP) is 6.20. The van der Waals surface area contributed by atoms with Gasteiger partial charge in [-0.2, -0.15) is 23.1 Å². The highest BCUT2D eigenvalue weighted by molar-refractivity contribution is 14.1. The number of hydrogen-bond donors (Lipinski definition) is 0. The monoisotopic (exact) mass is 787 g/mol. The molecule has 0 radical (unpaired) electrons. The van der Waals surface area contributed by atoms with E-state index in [4.69, 9.17) is 19.2 Å². The molecule has 2 aromatic rings. The summed E-state index contributed by atoms with van der Waals surface area (Å²) in [6.07, 6.45) is -4.96. The maximum Gasteiger partial charge on any atom is 0.422 e. The van der Waals surface area contributed by atoms with Gasteiger partial charge in [-0.3, -0.25) is 0 Å². The molecule has 43 heavy (non-hydrogen) atoms. The van der Waals surface area contributed by atoms with Gasteiger partial charge in [0.2, 0.25) is 0 Å². The molecule has 3 fully saturated rings. The second kappa shape index (κ2) is 12.1. The first-order valence-corrected chi connectivity index (χ1v) is 16.0. The number of nitrogens with zero attached hydrogens (tertiary/aromatic N) is 5. The third-order valence-electron chi connectivity index (χ3n) is 7.95. The molecular formula is C28H35BrF4IN5O4. The first kappa shape index (κ1) is 32.5. The normalized spacial score (nSPS) is 22.9. The standard InChI is InChI=1S/C28H35BrF4IN5O4/c1-26(2,3)43-25(40)39-13-27(14-39)6-9-38(10-7-27)23-16-11-18(34)20(29)22(41-15-28(31,32)33)21(16)35-24(36-23)42-19-5-8-37(4)12-17(19)30/h11,17,19H,5-10,12-15H2,1-4H3. The largest absolute Gasteiger partial charge is 0.481 e. The zero-order chi connectivity index (χ0) is 31.3. The number of rotatable bonds is 5. The molecule has 1 amide bonds. The third-order valence-corrected chi connectivity index (χ3v) is 10.3. The topological polar surface area (TPSA) is 80.3 Å². The molecule has 4 heterocycles. The van der Waals surface area contributed by atoms with Crippen molar-refractivity contribution in [2.24, 2.45) is 5.41 Å². The van der Waals surface area contributed by atoms with Crippen LogP contribution in [0, 0.1) is 8.99 Å². The van der Waals surface area contributed by atoms with Crippen molar-refractivity contribution >= 4 is 61.3 Å². The maximum atomic E-state index is 14.9. The second-order valence-corrected chi connectivity index (χ2v) is 14.6. The van der Waals surface area contributed by atoms with E-state index in [1.54, 1.807) is 11.0 Å². The molecular weight excluding hydrogens is 753 g/mol. The van der Waals surface area contributed by atoms with E-state index < -0.39 is 30.7 Å². The molecule has 0 saturated carbocycles. The Balaban J connectivity index is 1.43. The van der Waals surface area contributed by atoms with E-state index >= 15 is 0 Å². The Morgan fingerprint density at radius 2 is 1.84 bits per heavy atom. The number of likely N-dealkylation sites (tertiary alicyclic amines) is 2. The average molecular weight is 788 g/mol. The fourth-order valence-electron chi connectivity index (χ4n) is 5.76. The summed E-state index contributed by atoms with van der Waals surface area (Å²) >= 11 is 5.40. The van der Waals surface area contributed by atoms with E-state index in [0.717, 1.165) is 12.8 Å². The summed E-state index contributed by atoms with van der Waals surface area (Å²) in [7, 11) is 1.83. The van der Waals surface area contributed by atoms with Crippen LogP contribution in [0.5, 0.6) is 11.8 Å². The molecule has 2 atom stereocenters. The van der Waals surface area contributed by atoms with Crippen LogP contribution in [0.15, 0.2) is 10.5 Å². The van der Waals surface area contributed by atoms with Gasteiger partial charge in [0.25, 0.3) is 0 Å². The number of benzene rings is 1. The summed E-state index contributed by atoms with van der Waals surface area (Å²) < 4.78 is 72.2. The zero-order valence-corrected chi connectivity index (χ0v) is 28.2. The molecule has 3 aliphatic rings. The van der Waals surface area contributed by atoms with Crippen LogP contribution in [-0.4, -0.2) is 103 Å². The molecule has 1 aromatic heterocycles. The molecule has 0 N–H and O–H groups in total. The van der Waals surface area contributed by atoms with Crippen LogP contribution in [0.4, 0.5) is 28.2 Å². The van der Waals surface area contributed by atoms with E-state index in [-0.39, 0.29) is 35.3 Å². The van der Waals surface area contributed by atoms with E-state index in [1.807, 2.05) is 55.3 Å². The Bertz CT molecular complexity index is 1360. The lowest BCUT2D eigenvalue weighted by Crippen LogP contribution is -2.62.